The number of nitrogens with two attached hydrogens (primary N) is 1. The Balaban J connectivity index is 2.89. The lowest BCUT2D eigenvalue weighted by Gasteiger charge is -2.18. The molecule has 0 aliphatic carbocycles. The summed E-state index contributed by atoms with van der Waals surface area (Å²) >= 11 is 1.37. The summed E-state index contributed by atoms with van der Waals surface area (Å²) in [5, 5.41) is 2.85. The standard InChI is InChI=1S/C11H19N3OS/c1-7(5-12)14-10(15)8-9(11(2,3)4)13-6-16-8/h6-7H,5,12H2,1-4H3,(H,14,15)/t7-/m0/s1. The number of rotatable bonds is 3. The molecule has 5 heteroatoms. The molecule has 0 radical (unpaired) electrons. The molecular formula is C11H19N3OS. The number of amides is 1. The molecule has 0 unspecified atom stereocenters. The first-order chi connectivity index (χ1) is 7.36. The first-order valence-corrected chi connectivity index (χ1v) is 6.19. The van der Waals surface area contributed by atoms with E-state index in [2.05, 4.69) is 10.3 Å². The summed E-state index contributed by atoms with van der Waals surface area (Å²) in [6.45, 7) is 8.46. The number of carbonyl (C=O) groups is 1. The molecule has 1 aromatic rings. The third kappa shape index (κ3) is 3.02. The van der Waals surface area contributed by atoms with Crippen molar-refractivity contribution in [1.29, 1.82) is 0 Å². The highest BCUT2D eigenvalue weighted by atomic mass is 32.1. The van der Waals surface area contributed by atoms with Gasteiger partial charge in [0, 0.05) is 18.0 Å². The van der Waals surface area contributed by atoms with Crippen LogP contribution < -0.4 is 11.1 Å². The van der Waals surface area contributed by atoms with Crippen LogP contribution in [0.4, 0.5) is 0 Å². The van der Waals surface area contributed by atoms with Crippen LogP contribution in [0.1, 0.15) is 43.1 Å². The molecule has 16 heavy (non-hydrogen) atoms. The molecule has 0 fully saturated rings. The SMILES string of the molecule is C[C@@H](CN)NC(=O)c1scnc1C(C)(C)C. The Bertz CT molecular complexity index is 368. The van der Waals surface area contributed by atoms with Crippen LogP contribution >= 0.6 is 11.3 Å². The molecule has 0 aromatic carbocycles. The lowest BCUT2D eigenvalue weighted by atomic mass is 9.91. The summed E-state index contributed by atoms with van der Waals surface area (Å²) in [4.78, 5) is 16.9. The first-order valence-electron chi connectivity index (χ1n) is 5.31. The molecule has 1 atom stereocenters. The monoisotopic (exact) mass is 241 g/mol. The van der Waals surface area contributed by atoms with Crippen molar-refractivity contribution >= 4 is 17.2 Å². The van der Waals surface area contributed by atoms with E-state index in [0.29, 0.717) is 11.4 Å². The zero-order chi connectivity index (χ0) is 12.3. The molecule has 0 saturated heterocycles. The number of thiazole rings is 1. The molecule has 0 aliphatic heterocycles. The quantitative estimate of drug-likeness (QED) is 0.843. The molecular weight excluding hydrogens is 222 g/mol. The van der Waals surface area contributed by atoms with Gasteiger partial charge < -0.3 is 11.1 Å². The van der Waals surface area contributed by atoms with Gasteiger partial charge in [-0.1, -0.05) is 20.8 Å². The molecule has 0 aliphatic rings. The van der Waals surface area contributed by atoms with E-state index in [4.69, 9.17) is 5.73 Å². The lowest BCUT2D eigenvalue weighted by Crippen LogP contribution is -2.38. The van der Waals surface area contributed by atoms with Gasteiger partial charge in [0.25, 0.3) is 5.91 Å². The van der Waals surface area contributed by atoms with Gasteiger partial charge in [0.1, 0.15) is 4.88 Å². The molecule has 1 aromatic heterocycles. The normalized spacial score (nSPS) is 13.6. The Morgan fingerprint density at radius 2 is 2.25 bits per heavy atom. The van der Waals surface area contributed by atoms with Crippen molar-refractivity contribution < 1.29 is 4.79 Å². The van der Waals surface area contributed by atoms with Crippen molar-refractivity contribution in [3.63, 3.8) is 0 Å². The zero-order valence-electron chi connectivity index (χ0n) is 10.2. The number of hydrogen-bond acceptors (Lipinski definition) is 4. The van der Waals surface area contributed by atoms with E-state index in [1.54, 1.807) is 5.51 Å². The van der Waals surface area contributed by atoms with Crippen molar-refractivity contribution in [2.75, 3.05) is 6.54 Å². The molecule has 1 heterocycles. The molecule has 3 N–H and O–H groups in total. The highest BCUT2D eigenvalue weighted by molar-refractivity contribution is 7.11. The fraction of sp³-hybridized carbons (Fsp3) is 0.636. The molecule has 0 bridgehead atoms. The van der Waals surface area contributed by atoms with Crippen molar-refractivity contribution in [3.8, 4) is 0 Å². The van der Waals surface area contributed by atoms with E-state index >= 15 is 0 Å². The van der Waals surface area contributed by atoms with Gasteiger partial charge in [0.05, 0.1) is 11.2 Å². The Hall–Kier alpha value is -0.940. The van der Waals surface area contributed by atoms with Crippen molar-refractivity contribution in [3.05, 3.63) is 16.1 Å². The van der Waals surface area contributed by atoms with Crippen LogP contribution in [0.3, 0.4) is 0 Å². The fourth-order valence-corrected chi connectivity index (χ4v) is 2.19. The number of carbonyl (C=O) groups excluding carboxylic acids is 1. The molecule has 90 valence electrons. The van der Waals surface area contributed by atoms with Gasteiger partial charge in [-0.05, 0) is 6.92 Å². The lowest BCUT2D eigenvalue weighted by molar-refractivity contribution is 0.0943. The maximum atomic E-state index is 11.9. The summed E-state index contributed by atoms with van der Waals surface area (Å²) in [6.07, 6.45) is 0. The second kappa shape index (κ2) is 4.93. The minimum Gasteiger partial charge on any atom is -0.348 e. The highest BCUT2D eigenvalue weighted by Crippen LogP contribution is 2.26. The summed E-state index contributed by atoms with van der Waals surface area (Å²) in [7, 11) is 0. The van der Waals surface area contributed by atoms with Gasteiger partial charge in [-0.2, -0.15) is 0 Å². The van der Waals surface area contributed by atoms with Crippen LogP contribution in [0, 0.1) is 0 Å². The maximum absolute atomic E-state index is 11.9. The molecule has 1 amide bonds. The predicted octanol–water partition coefficient (Wildman–Crippen LogP) is 1.52. The Labute approximate surface area is 100 Å². The zero-order valence-corrected chi connectivity index (χ0v) is 11.0. The molecule has 0 spiro atoms. The first kappa shape index (κ1) is 13.1. The molecule has 4 nitrogen and oxygen atoms in total. The largest absolute Gasteiger partial charge is 0.348 e. The topological polar surface area (TPSA) is 68.0 Å². The minimum atomic E-state index is -0.112. The average Bonchev–Trinajstić information content (AvgIpc) is 2.65. The number of hydrogen-bond donors (Lipinski definition) is 2. The van der Waals surface area contributed by atoms with Crippen LogP contribution in [0.15, 0.2) is 5.51 Å². The van der Waals surface area contributed by atoms with Gasteiger partial charge in [0.2, 0.25) is 0 Å². The van der Waals surface area contributed by atoms with Gasteiger partial charge in [-0.25, -0.2) is 4.98 Å². The van der Waals surface area contributed by atoms with Crippen LogP contribution in [-0.2, 0) is 5.41 Å². The van der Waals surface area contributed by atoms with E-state index < -0.39 is 0 Å². The third-order valence-corrected chi connectivity index (χ3v) is 3.04. The Morgan fingerprint density at radius 1 is 1.62 bits per heavy atom. The van der Waals surface area contributed by atoms with Crippen LogP contribution in [-0.4, -0.2) is 23.5 Å². The van der Waals surface area contributed by atoms with E-state index in [0.717, 1.165) is 5.69 Å². The van der Waals surface area contributed by atoms with E-state index in [9.17, 15) is 4.79 Å². The van der Waals surface area contributed by atoms with Gasteiger partial charge in [-0.15, -0.1) is 11.3 Å². The summed E-state index contributed by atoms with van der Waals surface area (Å²) in [5.74, 6) is -0.0784. The van der Waals surface area contributed by atoms with Crippen LogP contribution in [0.25, 0.3) is 0 Å². The van der Waals surface area contributed by atoms with Crippen LogP contribution in [0.2, 0.25) is 0 Å². The van der Waals surface area contributed by atoms with E-state index in [1.165, 1.54) is 11.3 Å². The second-order valence-electron chi connectivity index (χ2n) is 4.89. The van der Waals surface area contributed by atoms with Crippen molar-refractivity contribution in [2.45, 2.75) is 39.2 Å². The Morgan fingerprint density at radius 3 is 2.75 bits per heavy atom. The van der Waals surface area contributed by atoms with Gasteiger partial charge in [-0.3, -0.25) is 4.79 Å². The summed E-state index contributed by atoms with van der Waals surface area (Å²) in [5.41, 5.74) is 7.92. The predicted molar refractivity (Wildman–Crippen MR) is 66.8 cm³/mol. The Kier molecular flexibility index (Phi) is 4.04. The fourth-order valence-electron chi connectivity index (χ4n) is 1.29. The molecule has 0 saturated carbocycles. The van der Waals surface area contributed by atoms with Crippen LogP contribution in [0.5, 0.6) is 0 Å². The van der Waals surface area contributed by atoms with Gasteiger partial charge >= 0.3 is 0 Å². The minimum absolute atomic E-state index is 0.0116. The maximum Gasteiger partial charge on any atom is 0.263 e. The third-order valence-electron chi connectivity index (χ3n) is 2.22. The van der Waals surface area contributed by atoms with Gasteiger partial charge in [0.15, 0.2) is 0 Å². The smallest absolute Gasteiger partial charge is 0.263 e. The van der Waals surface area contributed by atoms with Crippen molar-refractivity contribution in [2.24, 2.45) is 5.73 Å². The second-order valence-corrected chi connectivity index (χ2v) is 5.75. The van der Waals surface area contributed by atoms with E-state index in [-0.39, 0.29) is 17.4 Å². The number of nitrogens with zero attached hydrogens (tertiary/aromatic N) is 1. The summed E-state index contributed by atoms with van der Waals surface area (Å²) in [6, 6.07) is -0.0116. The van der Waals surface area contributed by atoms with E-state index in [1.807, 2.05) is 27.7 Å². The molecule has 1 rings (SSSR count). The van der Waals surface area contributed by atoms with Crippen molar-refractivity contribution in [1.82, 2.24) is 10.3 Å². The summed E-state index contributed by atoms with van der Waals surface area (Å²) < 4.78 is 0. The average molecular weight is 241 g/mol. The number of nitrogens with one attached hydrogen (secondary N) is 1. The highest BCUT2D eigenvalue weighted by Gasteiger charge is 2.25. The number of aromatic nitrogens is 1.